The summed E-state index contributed by atoms with van der Waals surface area (Å²) in [6, 6.07) is 80.2. The molecule has 11 aromatic rings. The minimum absolute atomic E-state index is 0.0386. The Morgan fingerprint density at radius 2 is 0.946 bits per heavy atom. The summed E-state index contributed by atoms with van der Waals surface area (Å²) in [5.74, 6) is 0.556. The van der Waals surface area contributed by atoms with Crippen molar-refractivity contribution in [2.75, 3.05) is 9.80 Å². The molecular formula is C67H47BN6. The lowest BCUT2D eigenvalue weighted by atomic mass is 9.33. The zero-order valence-corrected chi connectivity index (χ0v) is 41.2. The number of benzene rings is 8. The average Bonchev–Trinajstić information content (AvgIpc) is 3.95. The van der Waals surface area contributed by atoms with E-state index in [9.17, 15) is 0 Å². The average molecular weight is 947 g/mol. The molecule has 1 spiro atoms. The van der Waals surface area contributed by atoms with Crippen LogP contribution in [-0.2, 0) is 10.8 Å². The van der Waals surface area contributed by atoms with E-state index in [4.69, 9.17) is 19.9 Å². The van der Waals surface area contributed by atoms with Crippen LogP contribution in [0.25, 0.3) is 56.4 Å². The third-order valence-electron chi connectivity index (χ3n) is 15.9. The van der Waals surface area contributed by atoms with E-state index in [1.807, 2.05) is 42.6 Å². The molecule has 4 aliphatic rings. The van der Waals surface area contributed by atoms with Crippen LogP contribution < -0.4 is 26.2 Å². The summed E-state index contributed by atoms with van der Waals surface area (Å²) in [6.45, 7) is 6.97. The lowest BCUT2D eigenvalue weighted by molar-refractivity contribution is 0.590. The van der Waals surface area contributed by atoms with Gasteiger partial charge >= 0.3 is 0 Å². The maximum atomic E-state index is 5.29. The topological polar surface area (TPSA) is 58.0 Å². The molecule has 0 N–H and O–H groups in total. The first-order valence-corrected chi connectivity index (χ1v) is 25.6. The van der Waals surface area contributed by atoms with Crippen LogP contribution in [0.5, 0.6) is 0 Å². The van der Waals surface area contributed by atoms with Crippen molar-refractivity contribution in [1.82, 2.24) is 19.9 Å². The largest absolute Gasteiger partial charge is 0.311 e. The van der Waals surface area contributed by atoms with E-state index in [2.05, 4.69) is 213 Å². The van der Waals surface area contributed by atoms with Crippen molar-refractivity contribution in [3.05, 3.63) is 259 Å². The standard InChI is InChI=1S/C67H47BN6/c1-66(2,3)43-37-62-64-63(38-43)74(45-22-8-5-9-23-45)61-40-53-49(39-55(61)68(64)54-28-14-15-31-60(54)73(62)44-20-6-4-7-21-44)47-25-11-13-27-51(47)67(53)50-26-12-10-24-46(50)48-33-32-42(36-52(48)67)58-41-59(56-29-16-18-34-69-56)72-65(71-58)57-30-17-19-35-70-57/h4-41H,1-3H3. The minimum Gasteiger partial charge on any atom is -0.311 e. The summed E-state index contributed by atoms with van der Waals surface area (Å²) in [5, 5.41) is 0. The first-order valence-electron chi connectivity index (χ1n) is 25.6. The van der Waals surface area contributed by atoms with Gasteiger partial charge in [-0.3, -0.25) is 9.97 Å². The number of anilines is 6. The Morgan fingerprint density at radius 1 is 0.392 bits per heavy atom. The van der Waals surface area contributed by atoms with Crippen molar-refractivity contribution < 1.29 is 0 Å². The molecule has 2 aliphatic heterocycles. The molecule has 1 unspecified atom stereocenters. The van der Waals surface area contributed by atoms with Crippen molar-refractivity contribution in [3.63, 3.8) is 0 Å². The van der Waals surface area contributed by atoms with Crippen molar-refractivity contribution in [2.45, 2.75) is 31.6 Å². The molecule has 0 bridgehead atoms. The van der Waals surface area contributed by atoms with Crippen LogP contribution in [0.15, 0.2) is 231 Å². The van der Waals surface area contributed by atoms with E-state index in [1.165, 1.54) is 89.2 Å². The predicted octanol–water partition coefficient (Wildman–Crippen LogP) is 14.0. The monoisotopic (exact) mass is 946 g/mol. The van der Waals surface area contributed by atoms with Gasteiger partial charge in [0.2, 0.25) is 0 Å². The fourth-order valence-corrected chi connectivity index (χ4v) is 12.7. The molecule has 8 aromatic carbocycles. The van der Waals surface area contributed by atoms with Crippen LogP contribution in [0.2, 0.25) is 0 Å². The van der Waals surface area contributed by atoms with E-state index < -0.39 is 5.41 Å². The zero-order valence-electron chi connectivity index (χ0n) is 41.2. The number of hydrogen-bond donors (Lipinski definition) is 0. The quantitative estimate of drug-likeness (QED) is 0.160. The van der Waals surface area contributed by atoms with E-state index in [1.54, 1.807) is 6.20 Å². The summed E-state index contributed by atoms with van der Waals surface area (Å²) < 4.78 is 0. The molecule has 2 aliphatic carbocycles. The summed E-state index contributed by atoms with van der Waals surface area (Å²) in [5.41, 5.74) is 25.6. The first-order chi connectivity index (χ1) is 36.3. The summed E-state index contributed by atoms with van der Waals surface area (Å²) in [6.07, 6.45) is 3.61. The van der Waals surface area contributed by atoms with Crippen LogP contribution in [0.1, 0.15) is 48.6 Å². The van der Waals surface area contributed by atoms with Gasteiger partial charge in [0.15, 0.2) is 5.82 Å². The molecule has 348 valence electrons. The maximum absolute atomic E-state index is 5.29. The van der Waals surface area contributed by atoms with Crippen molar-refractivity contribution >= 4 is 57.2 Å². The number of hydrogen-bond acceptors (Lipinski definition) is 6. The van der Waals surface area contributed by atoms with Gasteiger partial charge in [0.05, 0.1) is 22.5 Å². The van der Waals surface area contributed by atoms with Gasteiger partial charge < -0.3 is 9.80 Å². The lowest BCUT2D eigenvalue weighted by Crippen LogP contribution is -2.61. The molecule has 0 radical (unpaired) electrons. The predicted molar refractivity (Wildman–Crippen MR) is 303 cm³/mol. The molecule has 74 heavy (non-hydrogen) atoms. The molecular weight excluding hydrogens is 900 g/mol. The number of pyridine rings is 2. The number of fused-ring (bicyclic) bond motifs is 14. The molecule has 6 nitrogen and oxygen atoms in total. The summed E-state index contributed by atoms with van der Waals surface area (Å²) >= 11 is 0. The van der Waals surface area contributed by atoms with Gasteiger partial charge in [0.25, 0.3) is 6.71 Å². The molecule has 0 amide bonds. The first kappa shape index (κ1) is 42.5. The Labute approximate surface area is 431 Å². The van der Waals surface area contributed by atoms with Crippen molar-refractivity contribution in [2.24, 2.45) is 0 Å². The molecule has 0 saturated carbocycles. The van der Waals surface area contributed by atoms with E-state index in [0.29, 0.717) is 11.5 Å². The fourth-order valence-electron chi connectivity index (χ4n) is 12.7. The fraction of sp³-hybridized carbons (Fsp3) is 0.0746. The van der Waals surface area contributed by atoms with Gasteiger partial charge in [-0.15, -0.1) is 0 Å². The molecule has 3 aromatic heterocycles. The molecule has 5 heterocycles. The molecule has 15 rings (SSSR count). The van der Waals surface area contributed by atoms with Crippen molar-refractivity contribution in [1.29, 1.82) is 0 Å². The molecule has 1 atom stereocenters. The Morgan fingerprint density at radius 3 is 1.61 bits per heavy atom. The highest BCUT2D eigenvalue weighted by atomic mass is 15.2. The lowest BCUT2D eigenvalue weighted by Gasteiger charge is -2.45. The normalized spacial score (nSPS) is 15.2. The molecule has 0 saturated heterocycles. The second-order valence-corrected chi connectivity index (χ2v) is 21.0. The summed E-state index contributed by atoms with van der Waals surface area (Å²) in [4.78, 5) is 24.9. The number of aromatic nitrogens is 4. The number of para-hydroxylation sites is 3. The highest BCUT2D eigenvalue weighted by molar-refractivity contribution is 7.00. The van der Waals surface area contributed by atoms with E-state index in [-0.39, 0.29) is 12.1 Å². The Bertz CT molecular complexity index is 4020. The zero-order chi connectivity index (χ0) is 49.3. The van der Waals surface area contributed by atoms with Crippen molar-refractivity contribution in [3.8, 4) is 56.4 Å². The van der Waals surface area contributed by atoms with Crippen LogP contribution in [0.4, 0.5) is 34.1 Å². The van der Waals surface area contributed by atoms with Gasteiger partial charge in [-0.05, 0) is 157 Å². The second-order valence-electron chi connectivity index (χ2n) is 21.0. The molecule has 0 fully saturated rings. The van der Waals surface area contributed by atoms with Gasteiger partial charge in [0, 0.05) is 52.1 Å². The highest BCUT2D eigenvalue weighted by Gasteiger charge is 2.54. The Balaban J connectivity index is 1.02. The second kappa shape index (κ2) is 15.9. The van der Waals surface area contributed by atoms with Crippen LogP contribution in [0, 0.1) is 0 Å². The van der Waals surface area contributed by atoms with Crippen LogP contribution >= 0.6 is 0 Å². The van der Waals surface area contributed by atoms with E-state index >= 15 is 0 Å². The Kier molecular flexibility index (Phi) is 9.13. The van der Waals surface area contributed by atoms with Gasteiger partial charge in [0.1, 0.15) is 5.69 Å². The van der Waals surface area contributed by atoms with E-state index in [0.717, 1.165) is 34.0 Å². The number of rotatable bonds is 5. The smallest absolute Gasteiger partial charge is 0.252 e. The molecule has 7 heteroatoms. The van der Waals surface area contributed by atoms with Gasteiger partial charge in [-0.25, -0.2) is 9.97 Å². The third kappa shape index (κ3) is 6.07. The van der Waals surface area contributed by atoms with Gasteiger partial charge in [-0.1, -0.05) is 154 Å². The van der Waals surface area contributed by atoms with Crippen LogP contribution in [0.3, 0.4) is 0 Å². The highest BCUT2D eigenvalue weighted by Crippen LogP contribution is 2.64. The summed E-state index contributed by atoms with van der Waals surface area (Å²) in [7, 11) is 0. The SMILES string of the molecule is CC(C)(C)c1cc2c3c(c1)N(c1ccccc1)c1cc4c(cc1B3c1ccccc1N2c1ccccc1)-c1ccccc1C41c2ccccc2-c2ccc(-c3cc(-c4ccccn4)nc(-c4ccccn4)n3)cc21. The minimum atomic E-state index is -0.654. The Hall–Kier alpha value is -9.20. The van der Waals surface area contributed by atoms with Crippen LogP contribution in [-0.4, -0.2) is 26.6 Å². The third-order valence-corrected chi connectivity index (χ3v) is 15.9. The maximum Gasteiger partial charge on any atom is 0.252 e. The van der Waals surface area contributed by atoms with Gasteiger partial charge in [-0.2, -0.15) is 0 Å². The number of nitrogens with zero attached hydrogens (tertiary/aromatic N) is 6.